The standard InChI is InChI=1S/C17H24N4O3/c1-24-15-4-7-18-17(20-15)21-8-5-13(6-9-21)16(23)19-14-3-2-12(10-14)11-22/h2-4,7,12-14,22H,5-6,8-11H2,1H3,(H,19,23)/t12-,14+/m0/s1. The highest BCUT2D eigenvalue weighted by atomic mass is 16.5. The van der Waals surface area contributed by atoms with Crippen molar-refractivity contribution in [3.05, 3.63) is 24.4 Å². The van der Waals surface area contributed by atoms with E-state index in [0.717, 1.165) is 32.4 Å². The molecule has 7 heteroatoms. The van der Waals surface area contributed by atoms with Gasteiger partial charge in [-0.05, 0) is 19.3 Å². The summed E-state index contributed by atoms with van der Waals surface area (Å²) in [5, 5.41) is 12.2. The van der Waals surface area contributed by atoms with E-state index < -0.39 is 0 Å². The predicted molar refractivity (Wildman–Crippen MR) is 89.8 cm³/mol. The van der Waals surface area contributed by atoms with Gasteiger partial charge >= 0.3 is 0 Å². The number of carbonyl (C=O) groups is 1. The Hall–Kier alpha value is -2.15. The van der Waals surface area contributed by atoms with Crippen LogP contribution in [0.2, 0.25) is 0 Å². The van der Waals surface area contributed by atoms with Crippen molar-refractivity contribution in [2.24, 2.45) is 11.8 Å². The van der Waals surface area contributed by atoms with Gasteiger partial charge in [0.1, 0.15) is 0 Å². The van der Waals surface area contributed by atoms with Gasteiger partial charge in [-0.15, -0.1) is 0 Å². The van der Waals surface area contributed by atoms with Gasteiger partial charge in [0.15, 0.2) is 0 Å². The Kier molecular flexibility index (Phi) is 5.30. The Balaban J connectivity index is 1.49. The molecular weight excluding hydrogens is 308 g/mol. The topological polar surface area (TPSA) is 87.6 Å². The Labute approximate surface area is 141 Å². The third kappa shape index (κ3) is 3.84. The summed E-state index contributed by atoms with van der Waals surface area (Å²) in [6, 6.07) is 1.77. The van der Waals surface area contributed by atoms with Gasteiger partial charge in [-0.25, -0.2) is 4.98 Å². The number of ether oxygens (including phenoxy) is 1. The van der Waals surface area contributed by atoms with Crippen LogP contribution in [0.15, 0.2) is 24.4 Å². The zero-order valence-electron chi connectivity index (χ0n) is 13.9. The molecule has 2 heterocycles. The smallest absolute Gasteiger partial charge is 0.228 e. The number of aliphatic hydroxyl groups is 1. The number of nitrogens with one attached hydrogen (secondary N) is 1. The Morgan fingerprint density at radius 1 is 1.42 bits per heavy atom. The van der Waals surface area contributed by atoms with Crippen LogP contribution in [0.5, 0.6) is 5.88 Å². The van der Waals surface area contributed by atoms with Crippen LogP contribution in [0.25, 0.3) is 0 Å². The normalized spacial score (nSPS) is 24.2. The minimum atomic E-state index is 0.0217. The number of aliphatic hydroxyl groups excluding tert-OH is 1. The molecule has 130 valence electrons. The monoisotopic (exact) mass is 332 g/mol. The summed E-state index contributed by atoms with van der Waals surface area (Å²) in [5.41, 5.74) is 0. The molecule has 7 nitrogen and oxygen atoms in total. The fourth-order valence-corrected chi connectivity index (χ4v) is 3.26. The first-order valence-electron chi connectivity index (χ1n) is 8.41. The molecule has 1 saturated heterocycles. The second kappa shape index (κ2) is 7.61. The summed E-state index contributed by atoms with van der Waals surface area (Å²) >= 11 is 0. The molecule has 2 N–H and O–H groups in total. The first kappa shape index (κ1) is 16.7. The highest BCUT2D eigenvalue weighted by molar-refractivity contribution is 5.79. The number of hydrogen-bond acceptors (Lipinski definition) is 6. The van der Waals surface area contributed by atoms with Crippen LogP contribution in [0.4, 0.5) is 5.95 Å². The molecule has 1 aromatic rings. The van der Waals surface area contributed by atoms with Crippen LogP contribution in [0.1, 0.15) is 19.3 Å². The Morgan fingerprint density at radius 3 is 2.88 bits per heavy atom. The number of piperidine rings is 1. The molecule has 0 spiro atoms. The van der Waals surface area contributed by atoms with Gasteiger partial charge in [-0.1, -0.05) is 12.2 Å². The largest absolute Gasteiger partial charge is 0.481 e. The van der Waals surface area contributed by atoms with Gasteiger partial charge in [0, 0.05) is 49.8 Å². The summed E-state index contributed by atoms with van der Waals surface area (Å²) in [6.07, 6.45) is 8.01. The average Bonchev–Trinajstić information content (AvgIpc) is 3.09. The van der Waals surface area contributed by atoms with E-state index in [1.165, 1.54) is 0 Å². The van der Waals surface area contributed by atoms with Crippen LogP contribution < -0.4 is 15.0 Å². The van der Waals surface area contributed by atoms with Crippen molar-refractivity contribution in [2.75, 3.05) is 31.7 Å². The minimum Gasteiger partial charge on any atom is -0.481 e. The van der Waals surface area contributed by atoms with E-state index in [4.69, 9.17) is 9.84 Å². The third-order valence-electron chi connectivity index (χ3n) is 4.71. The molecule has 0 saturated carbocycles. The number of amides is 1. The van der Waals surface area contributed by atoms with E-state index in [9.17, 15) is 4.79 Å². The van der Waals surface area contributed by atoms with Crippen LogP contribution in [-0.4, -0.2) is 53.8 Å². The van der Waals surface area contributed by atoms with Gasteiger partial charge in [0.2, 0.25) is 17.7 Å². The maximum atomic E-state index is 12.4. The molecule has 1 aliphatic carbocycles. The zero-order chi connectivity index (χ0) is 16.9. The van der Waals surface area contributed by atoms with Gasteiger partial charge in [-0.3, -0.25) is 4.79 Å². The molecule has 0 aromatic carbocycles. The van der Waals surface area contributed by atoms with E-state index in [-0.39, 0.29) is 30.4 Å². The highest BCUT2D eigenvalue weighted by Gasteiger charge is 2.28. The fraction of sp³-hybridized carbons (Fsp3) is 0.588. The number of nitrogens with zero attached hydrogens (tertiary/aromatic N) is 3. The van der Waals surface area contributed by atoms with Crippen molar-refractivity contribution in [3.63, 3.8) is 0 Å². The molecule has 0 unspecified atom stereocenters. The van der Waals surface area contributed by atoms with Crippen molar-refractivity contribution < 1.29 is 14.6 Å². The van der Waals surface area contributed by atoms with Crippen LogP contribution >= 0.6 is 0 Å². The fourth-order valence-electron chi connectivity index (χ4n) is 3.26. The Bertz CT molecular complexity index is 599. The second-order valence-corrected chi connectivity index (χ2v) is 6.34. The van der Waals surface area contributed by atoms with E-state index in [1.807, 2.05) is 12.2 Å². The average molecular weight is 332 g/mol. The SMILES string of the molecule is COc1ccnc(N2CCC(C(=O)N[C@@H]3C=C[C@H](CO)C3)CC2)n1. The lowest BCUT2D eigenvalue weighted by atomic mass is 9.95. The summed E-state index contributed by atoms with van der Waals surface area (Å²) in [6.45, 7) is 1.65. The Morgan fingerprint density at radius 2 is 2.21 bits per heavy atom. The van der Waals surface area contributed by atoms with Crippen molar-refractivity contribution in [3.8, 4) is 5.88 Å². The predicted octanol–water partition coefficient (Wildman–Crippen LogP) is 0.755. The molecule has 1 aromatic heterocycles. The van der Waals surface area contributed by atoms with Crippen LogP contribution in [0.3, 0.4) is 0 Å². The molecule has 1 fully saturated rings. The molecule has 3 rings (SSSR count). The number of anilines is 1. The van der Waals surface area contributed by atoms with Crippen molar-refractivity contribution in [1.82, 2.24) is 15.3 Å². The number of methoxy groups -OCH3 is 1. The molecule has 2 aliphatic rings. The van der Waals surface area contributed by atoms with Gasteiger partial charge < -0.3 is 20.1 Å². The van der Waals surface area contributed by atoms with Crippen LogP contribution in [0, 0.1) is 11.8 Å². The number of carbonyl (C=O) groups excluding carboxylic acids is 1. The van der Waals surface area contributed by atoms with E-state index in [1.54, 1.807) is 19.4 Å². The molecule has 1 amide bonds. The lowest BCUT2D eigenvalue weighted by Gasteiger charge is -2.31. The summed E-state index contributed by atoms with van der Waals surface area (Å²) in [5.74, 6) is 1.49. The van der Waals surface area contributed by atoms with E-state index in [2.05, 4.69) is 20.2 Å². The molecule has 0 bridgehead atoms. The lowest BCUT2D eigenvalue weighted by molar-refractivity contribution is -0.126. The maximum Gasteiger partial charge on any atom is 0.228 e. The number of hydrogen-bond donors (Lipinski definition) is 2. The maximum absolute atomic E-state index is 12.4. The number of aromatic nitrogens is 2. The first-order chi connectivity index (χ1) is 11.7. The van der Waals surface area contributed by atoms with Crippen molar-refractivity contribution in [1.29, 1.82) is 0 Å². The molecular formula is C17H24N4O3. The van der Waals surface area contributed by atoms with E-state index in [0.29, 0.717) is 11.8 Å². The van der Waals surface area contributed by atoms with E-state index >= 15 is 0 Å². The number of rotatable bonds is 5. The quantitative estimate of drug-likeness (QED) is 0.774. The lowest BCUT2D eigenvalue weighted by Crippen LogP contribution is -2.43. The summed E-state index contributed by atoms with van der Waals surface area (Å²) in [4.78, 5) is 23.1. The molecule has 2 atom stereocenters. The molecule has 1 aliphatic heterocycles. The van der Waals surface area contributed by atoms with Gasteiger partial charge in [-0.2, -0.15) is 4.98 Å². The van der Waals surface area contributed by atoms with Gasteiger partial charge in [0.05, 0.1) is 7.11 Å². The molecule has 0 radical (unpaired) electrons. The molecule has 24 heavy (non-hydrogen) atoms. The van der Waals surface area contributed by atoms with Crippen molar-refractivity contribution in [2.45, 2.75) is 25.3 Å². The highest BCUT2D eigenvalue weighted by Crippen LogP contribution is 2.23. The van der Waals surface area contributed by atoms with Crippen LogP contribution in [-0.2, 0) is 4.79 Å². The van der Waals surface area contributed by atoms with Crippen molar-refractivity contribution >= 4 is 11.9 Å². The summed E-state index contributed by atoms with van der Waals surface area (Å²) < 4.78 is 5.13. The minimum absolute atomic E-state index is 0.0217. The third-order valence-corrected chi connectivity index (χ3v) is 4.71. The van der Waals surface area contributed by atoms with Gasteiger partial charge in [0.25, 0.3) is 0 Å². The first-order valence-corrected chi connectivity index (χ1v) is 8.41. The summed E-state index contributed by atoms with van der Waals surface area (Å²) in [7, 11) is 1.58. The second-order valence-electron chi connectivity index (χ2n) is 6.34. The zero-order valence-corrected chi connectivity index (χ0v) is 13.9.